The monoisotopic (exact) mass is 277 g/mol. The van der Waals surface area contributed by atoms with Gasteiger partial charge in [0.25, 0.3) is 0 Å². The van der Waals surface area contributed by atoms with Gasteiger partial charge in [0.05, 0.1) is 6.61 Å². The molecule has 1 aromatic rings. The second-order valence-corrected chi connectivity index (χ2v) is 5.55. The molecular weight excluding hydrogens is 250 g/mol. The fourth-order valence-electron chi connectivity index (χ4n) is 2.16. The summed E-state index contributed by atoms with van der Waals surface area (Å²) in [6.07, 6.45) is 3.81. The number of benzene rings is 1. The van der Waals surface area contributed by atoms with Crippen LogP contribution in [0, 0.1) is 5.92 Å². The summed E-state index contributed by atoms with van der Waals surface area (Å²) in [5.41, 5.74) is 1.30. The fraction of sp³-hybridized carbons (Fsp3) is 0.647. The van der Waals surface area contributed by atoms with Crippen molar-refractivity contribution in [2.24, 2.45) is 5.92 Å². The second kappa shape index (κ2) is 8.28. The van der Waals surface area contributed by atoms with Crippen LogP contribution in [0.2, 0.25) is 0 Å². The first kappa shape index (κ1) is 15.3. The summed E-state index contributed by atoms with van der Waals surface area (Å²) < 4.78 is 11.1. The van der Waals surface area contributed by atoms with Crippen LogP contribution in [0.3, 0.4) is 0 Å². The first-order valence-corrected chi connectivity index (χ1v) is 7.83. The number of hydrogen-bond acceptors (Lipinski definition) is 3. The van der Waals surface area contributed by atoms with E-state index in [1.807, 2.05) is 19.1 Å². The average molecular weight is 277 g/mol. The van der Waals surface area contributed by atoms with E-state index in [-0.39, 0.29) is 0 Å². The van der Waals surface area contributed by atoms with Gasteiger partial charge in [0.1, 0.15) is 5.75 Å². The van der Waals surface area contributed by atoms with Crippen molar-refractivity contribution < 1.29 is 9.47 Å². The predicted molar refractivity (Wildman–Crippen MR) is 82.2 cm³/mol. The summed E-state index contributed by atoms with van der Waals surface area (Å²) in [7, 11) is 0. The van der Waals surface area contributed by atoms with Gasteiger partial charge >= 0.3 is 0 Å². The van der Waals surface area contributed by atoms with Crippen LogP contribution in [0.15, 0.2) is 24.3 Å². The van der Waals surface area contributed by atoms with Crippen molar-refractivity contribution in [3.8, 4) is 5.75 Å². The Labute approximate surface area is 122 Å². The van der Waals surface area contributed by atoms with Gasteiger partial charge in [-0.1, -0.05) is 12.1 Å². The van der Waals surface area contributed by atoms with Gasteiger partial charge in [0, 0.05) is 19.3 Å². The minimum absolute atomic E-state index is 0.370. The Hall–Kier alpha value is -1.06. The molecule has 3 heteroatoms. The topological polar surface area (TPSA) is 30.5 Å². The van der Waals surface area contributed by atoms with E-state index < -0.39 is 0 Å². The molecular formula is C17H27NO2. The zero-order valence-corrected chi connectivity index (χ0v) is 12.7. The van der Waals surface area contributed by atoms with Crippen LogP contribution in [0.5, 0.6) is 5.75 Å². The SMILES string of the molecule is CCOc1ccc(C(C)NCCCOCC2CC2)cc1. The van der Waals surface area contributed by atoms with E-state index >= 15 is 0 Å². The van der Waals surface area contributed by atoms with Gasteiger partial charge in [-0.3, -0.25) is 0 Å². The van der Waals surface area contributed by atoms with Gasteiger partial charge in [-0.2, -0.15) is 0 Å². The van der Waals surface area contributed by atoms with E-state index in [0.29, 0.717) is 12.6 Å². The van der Waals surface area contributed by atoms with Crippen molar-refractivity contribution >= 4 is 0 Å². The highest BCUT2D eigenvalue weighted by molar-refractivity contribution is 5.28. The first-order chi connectivity index (χ1) is 9.79. The molecule has 1 saturated carbocycles. The minimum Gasteiger partial charge on any atom is -0.494 e. The van der Waals surface area contributed by atoms with E-state index in [1.165, 1.54) is 18.4 Å². The van der Waals surface area contributed by atoms with Gasteiger partial charge in [-0.15, -0.1) is 0 Å². The number of ether oxygens (including phenoxy) is 2. The molecule has 0 spiro atoms. The Morgan fingerprint density at radius 2 is 2.00 bits per heavy atom. The molecule has 1 N–H and O–H groups in total. The summed E-state index contributed by atoms with van der Waals surface area (Å²) in [5.74, 6) is 1.81. The zero-order valence-electron chi connectivity index (χ0n) is 12.7. The van der Waals surface area contributed by atoms with E-state index in [0.717, 1.165) is 37.8 Å². The molecule has 1 aromatic carbocycles. The standard InChI is InChI=1S/C17H27NO2/c1-3-20-17-9-7-16(8-10-17)14(2)18-11-4-12-19-13-15-5-6-15/h7-10,14-15,18H,3-6,11-13H2,1-2H3. The molecule has 1 aliphatic rings. The van der Waals surface area contributed by atoms with E-state index in [1.54, 1.807) is 0 Å². The summed E-state index contributed by atoms with van der Waals surface area (Å²) in [4.78, 5) is 0. The third-order valence-electron chi connectivity index (χ3n) is 3.66. The molecule has 1 fully saturated rings. The lowest BCUT2D eigenvalue weighted by Crippen LogP contribution is -2.21. The Morgan fingerprint density at radius 1 is 1.25 bits per heavy atom. The molecule has 0 aromatic heterocycles. The zero-order chi connectivity index (χ0) is 14.2. The third-order valence-corrected chi connectivity index (χ3v) is 3.66. The highest BCUT2D eigenvalue weighted by atomic mass is 16.5. The van der Waals surface area contributed by atoms with Crippen LogP contribution < -0.4 is 10.1 Å². The van der Waals surface area contributed by atoms with Crippen molar-refractivity contribution in [1.29, 1.82) is 0 Å². The third kappa shape index (κ3) is 5.51. The van der Waals surface area contributed by atoms with E-state index in [9.17, 15) is 0 Å². The molecule has 0 radical (unpaired) electrons. The van der Waals surface area contributed by atoms with Gasteiger partial charge < -0.3 is 14.8 Å². The molecule has 20 heavy (non-hydrogen) atoms. The molecule has 2 rings (SSSR count). The van der Waals surface area contributed by atoms with Crippen LogP contribution in [0.1, 0.15) is 44.7 Å². The van der Waals surface area contributed by atoms with Gasteiger partial charge in [-0.05, 0) is 63.3 Å². The van der Waals surface area contributed by atoms with E-state index in [4.69, 9.17) is 9.47 Å². The van der Waals surface area contributed by atoms with Crippen LogP contribution >= 0.6 is 0 Å². The van der Waals surface area contributed by atoms with Gasteiger partial charge in [0.15, 0.2) is 0 Å². The molecule has 1 unspecified atom stereocenters. The molecule has 112 valence electrons. The number of hydrogen-bond donors (Lipinski definition) is 1. The minimum atomic E-state index is 0.370. The Kier molecular flexibility index (Phi) is 6.34. The van der Waals surface area contributed by atoms with Crippen LogP contribution in [-0.4, -0.2) is 26.4 Å². The maximum atomic E-state index is 5.63. The maximum absolute atomic E-state index is 5.63. The lowest BCUT2D eigenvalue weighted by molar-refractivity contribution is 0.121. The summed E-state index contributed by atoms with van der Waals surface area (Å²) in [6, 6.07) is 8.71. The van der Waals surface area contributed by atoms with Crippen LogP contribution in [0.4, 0.5) is 0 Å². The van der Waals surface area contributed by atoms with Crippen LogP contribution in [0.25, 0.3) is 0 Å². The number of rotatable bonds is 10. The molecule has 0 aliphatic heterocycles. The predicted octanol–water partition coefficient (Wildman–Crippen LogP) is 3.55. The summed E-state index contributed by atoms with van der Waals surface area (Å²) in [5, 5.41) is 3.53. The summed E-state index contributed by atoms with van der Waals surface area (Å²) in [6.45, 7) is 7.76. The highest BCUT2D eigenvalue weighted by Gasteiger charge is 2.20. The normalized spacial score (nSPS) is 16.1. The summed E-state index contributed by atoms with van der Waals surface area (Å²) >= 11 is 0. The van der Waals surface area contributed by atoms with Crippen molar-refractivity contribution in [3.63, 3.8) is 0 Å². The van der Waals surface area contributed by atoms with Crippen molar-refractivity contribution in [2.45, 2.75) is 39.2 Å². The van der Waals surface area contributed by atoms with Gasteiger partial charge in [-0.25, -0.2) is 0 Å². The maximum Gasteiger partial charge on any atom is 0.119 e. The second-order valence-electron chi connectivity index (χ2n) is 5.55. The Morgan fingerprint density at radius 3 is 2.65 bits per heavy atom. The van der Waals surface area contributed by atoms with Crippen molar-refractivity contribution in [1.82, 2.24) is 5.32 Å². The average Bonchev–Trinajstić information content (AvgIpc) is 3.28. The first-order valence-electron chi connectivity index (χ1n) is 7.83. The van der Waals surface area contributed by atoms with Crippen molar-refractivity contribution in [3.05, 3.63) is 29.8 Å². The smallest absolute Gasteiger partial charge is 0.119 e. The number of nitrogens with one attached hydrogen (secondary N) is 1. The quantitative estimate of drug-likeness (QED) is 0.663. The Bertz CT molecular complexity index is 373. The lowest BCUT2D eigenvalue weighted by atomic mass is 10.1. The lowest BCUT2D eigenvalue weighted by Gasteiger charge is -2.15. The molecule has 1 aliphatic carbocycles. The fourth-order valence-corrected chi connectivity index (χ4v) is 2.16. The molecule has 3 nitrogen and oxygen atoms in total. The van der Waals surface area contributed by atoms with Crippen LogP contribution in [-0.2, 0) is 4.74 Å². The molecule has 1 atom stereocenters. The molecule has 0 heterocycles. The highest BCUT2D eigenvalue weighted by Crippen LogP contribution is 2.28. The molecule has 0 saturated heterocycles. The molecule has 0 amide bonds. The van der Waals surface area contributed by atoms with E-state index in [2.05, 4.69) is 24.4 Å². The van der Waals surface area contributed by atoms with Gasteiger partial charge in [0.2, 0.25) is 0 Å². The molecule has 0 bridgehead atoms. The Balaban J connectivity index is 1.59. The largest absolute Gasteiger partial charge is 0.494 e. The van der Waals surface area contributed by atoms with Crippen molar-refractivity contribution in [2.75, 3.05) is 26.4 Å².